The van der Waals surface area contributed by atoms with E-state index in [9.17, 15) is 0 Å². The molecule has 0 amide bonds. The first-order valence-corrected chi connectivity index (χ1v) is 4.20. The molecule has 2 aromatic heterocycles. The summed E-state index contributed by atoms with van der Waals surface area (Å²) in [6.45, 7) is 1.91. The van der Waals surface area contributed by atoms with Crippen LogP contribution in [0.3, 0.4) is 0 Å². The summed E-state index contributed by atoms with van der Waals surface area (Å²) in [5.41, 5.74) is 6.35. The minimum Gasteiger partial charge on any atom is -0.465 e. The molecule has 0 aliphatic heterocycles. The molecule has 0 saturated carbocycles. The quantitative estimate of drug-likeness (QED) is 0.789. The maximum Gasteiger partial charge on any atom is 0.167 e. The van der Waals surface area contributed by atoms with E-state index in [0.29, 0.717) is 11.6 Å². The van der Waals surface area contributed by atoms with Crippen LogP contribution in [0.1, 0.15) is 18.4 Å². The van der Waals surface area contributed by atoms with Crippen LogP contribution in [0.4, 0.5) is 5.82 Å². The van der Waals surface area contributed by atoms with Crippen molar-refractivity contribution < 1.29 is 8.94 Å². The summed E-state index contributed by atoms with van der Waals surface area (Å²) in [5, 5.41) is 3.60. The van der Waals surface area contributed by atoms with Gasteiger partial charge in [-0.1, -0.05) is 5.16 Å². The molecule has 2 N–H and O–H groups in total. The molecule has 2 heterocycles. The number of allylic oxidation sites excluding steroid dienone is 1. The number of rotatable bonds is 2. The molecule has 72 valence electrons. The fraction of sp³-hybridized carbons (Fsp3) is 0.100. The third-order valence-electron chi connectivity index (χ3n) is 1.82. The van der Waals surface area contributed by atoms with Gasteiger partial charge in [-0.3, -0.25) is 0 Å². The highest BCUT2D eigenvalue weighted by atomic mass is 16.5. The summed E-state index contributed by atoms with van der Waals surface area (Å²) in [6, 6.07) is 5.37. The second-order valence-corrected chi connectivity index (χ2v) is 2.96. The molecule has 0 aliphatic rings. The number of nitrogen functional groups attached to an aromatic ring is 1. The van der Waals surface area contributed by atoms with E-state index >= 15 is 0 Å². The van der Waals surface area contributed by atoms with E-state index in [2.05, 4.69) is 5.16 Å². The zero-order valence-corrected chi connectivity index (χ0v) is 7.73. The van der Waals surface area contributed by atoms with E-state index in [1.807, 2.05) is 25.1 Å². The SMILES string of the molecule is C/C(=C\c1ccco1)c1cc(N)no1. The average Bonchev–Trinajstić information content (AvgIpc) is 2.75. The lowest BCUT2D eigenvalue weighted by atomic mass is 10.2. The van der Waals surface area contributed by atoms with E-state index in [4.69, 9.17) is 14.7 Å². The Balaban J connectivity index is 2.28. The van der Waals surface area contributed by atoms with Crippen molar-refractivity contribution in [2.45, 2.75) is 6.92 Å². The molecule has 0 radical (unpaired) electrons. The lowest BCUT2D eigenvalue weighted by Gasteiger charge is -1.91. The van der Waals surface area contributed by atoms with Crippen LogP contribution >= 0.6 is 0 Å². The number of furan rings is 1. The minimum atomic E-state index is 0.382. The lowest BCUT2D eigenvalue weighted by Crippen LogP contribution is -1.80. The zero-order chi connectivity index (χ0) is 9.97. The molecule has 2 aromatic rings. The molecule has 0 aliphatic carbocycles. The van der Waals surface area contributed by atoms with Crippen molar-refractivity contribution in [3.8, 4) is 0 Å². The number of hydrogen-bond acceptors (Lipinski definition) is 4. The molecule has 0 aromatic carbocycles. The maximum absolute atomic E-state index is 5.43. The lowest BCUT2D eigenvalue weighted by molar-refractivity contribution is 0.413. The van der Waals surface area contributed by atoms with E-state index in [1.165, 1.54) is 0 Å². The predicted octanol–water partition coefficient (Wildman–Crippen LogP) is 2.41. The van der Waals surface area contributed by atoms with Crippen LogP contribution in [-0.4, -0.2) is 5.16 Å². The zero-order valence-electron chi connectivity index (χ0n) is 7.73. The molecule has 0 fully saturated rings. The van der Waals surface area contributed by atoms with Gasteiger partial charge < -0.3 is 14.7 Å². The molecule has 4 nitrogen and oxygen atoms in total. The van der Waals surface area contributed by atoms with Crippen LogP contribution < -0.4 is 5.73 Å². The van der Waals surface area contributed by atoms with E-state index in [0.717, 1.165) is 11.3 Å². The highest BCUT2D eigenvalue weighted by molar-refractivity contribution is 5.76. The number of nitrogens with zero attached hydrogens (tertiary/aromatic N) is 1. The number of nitrogens with two attached hydrogens (primary N) is 1. The molecule has 2 rings (SSSR count). The third-order valence-corrected chi connectivity index (χ3v) is 1.82. The Labute approximate surface area is 81.0 Å². The second-order valence-electron chi connectivity index (χ2n) is 2.96. The van der Waals surface area contributed by atoms with Gasteiger partial charge in [-0.25, -0.2) is 0 Å². The van der Waals surface area contributed by atoms with Gasteiger partial charge in [0, 0.05) is 6.07 Å². The van der Waals surface area contributed by atoms with Crippen LogP contribution in [0.25, 0.3) is 11.6 Å². The Hall–Kier alpha value is -1.97. The van der Waals surface area contributed by atoms with Gasteiger partial charge in [-0.2, -0.15) is 0 Å². The van der Waals surface area contributed by atoms with E-state index in [1.54, 1.807) is 12.3 Å². The monoisotopic (exact) mass is 190 g/mol. The molecular weight excluding hydrogens is 180 g/mol. The van der Waals surface area contributed by atoms with Gasteiger partial charge in [-0.05, 0) is 30.7 Å². The van der Waals surface area contributed by atoms with Crippen molar-refractivity contribution in [2.75, 3.05) is 5.73 Å². The molecule has 14 heavy (non-hydrogen) atoms. The van der Waals surface area contributed by atoms with Gasteiger partial charge in [0.1, 0.15) is 5.76 Å². The Kier molecular flexibility index (Phi) is 2.10. The van der Waals surface area contributed by atoms with Crippen molar-refractivity contribution >= 4 is 17.5 Å². The average molecular weight is 190 g/mol. The summed E-state index contributed by atoms with van der Waals surface area (Å²) < 4.78 is 10.2. The van der Waals surface area contributed by atoms with E-state index in [-0.39, 0.29) is 0 Å². The van der Waals surface area contributed by atoms with Crippen molar-refractivity contribution in [2.24, 2.45) is 0 Å². The van der Waals surface area contributed by atoms with Gasteiger partial charge in [0.05, 0.1) is 6.26 Å². The summed E-state index contributed by atoms with van der Waals surface area (Å²) in [4.78, 5) is 0. The van der Waals surface area contributed by atoms with Gasteiger partial charge in [0.15, 0.2) is 11.6 Å². The second kappa shape index (κ2) is 3.41. The topological polar surface area (TPSA) is 65.2 Å². The molecule has 0 bridgehead atoms. The Bertz CT molecular complexity index is 440. The van der Waals surface area contributed by atoms with Crippen molar-refractivity contribution in [1.82, 2.24) is 5.16 Å². The Morgan fingerprint density at radius 2 is 2.43 bits per heavy atom. The fourth-order valence-electron chi connectivity index (χ4n) is 1.13. The number of aromatic nitrogens is 1. The van der Waals surface area contributed by atoms with Gasteiger partial charge in [0.2, 0.25) is 0 Å². The van der Waals surface area contributed by atoms with Gasteiger partial charge in [-0.15, -0.1) is 0 Å². The summed E-state index contributed by atoms with van der Waals surface area (Å²) in [7, 11) is 0. The summed E-state index contributed by atoms with van der Waals surface area (Å²) in [6.07, 6.45) is 3.48. The molecule has 0 unspecified atom stereocenters. The fourth-order valence-corrected chi connectivity index (χ4v) is 1.13. The number of hydrogen-bond donors (Lipinski definition) is 1. The number of anilines is 1. The van der Waals surface area contributed by atoms with Crippen LogP contribution in [-0.2, 0) is 0 Å². The van der Waals surface area contributed by atoms with Crippen LogP contribution in [0, 0.1) is 0 Å². The third kappa shape index (κ3) is 1.69. The summed E-state index contributed by atoms with van der Waals surface area (Å²) in [5.74, 6) is 1.81. The maximum atomic E-state index is 5.43. The molecule has 0 spiro atoms. The molecule has 0 atom stereocenters. The summed E-state index contributed by atoms with van der Waals surface area (Å²) >= 11 is 0. The Morgan fingerprint density at radius 1 is 1.57 bits per heavy atom. The molecule has 4 heteroatoms. The standard InChI is InChI=1S/C10H10N2O2/c1-7(5-8-3-2-4-13-8)9-6-10(11)12-14-9/h2-6H,1H3,(H2,11,12)/b7-5+. The van der Waals surface area contributed by atoms with Crippen LogP contribution in [0.2, 0.25) is 0 Å². The van der Waals surface area contributed by atoms with Gasteiger partial charge >= 0.3 is 0 Å². The van der Waals surface area contributed by atoms with E-state index < -0.39 is 0 Å². The highest BCUT2D eigenvalue weighted by Crippen LogP contribution is 2.19. The molecular formula is C10H10N2O2. The normalized spacial score (nSPS) is 11.9. The first kappa shape index (κ1) is 8.62. The first-order chi connectivity index (χ1) is 6.75. The largest absolute Gasteiger partial charge is 0.465 e. The van der Waals surface area contributed by atoms with Crippen molar-refractivity contribution in [3.05, 3.63) is 36.0 Å². The first-order valence-electron chi connectivity index (χ1n) is 4.20. The van der Waals surface area contributed by atoms with Crippen molar-refractivity contribution in [1.29, 1.82) is 0 Å². The van der Waals surface area contributed by atoms with Crippen LogP contribution in [0.5, 0.6) is 0 Å². The smallest absolute Gasteiger partial charge is 0.167 e. The van der Waals surface area contributed by atoms with Crippen molar-refractivity contribution in [3.63, 3.8) is 0 Å². The molecule has 0 saturated heterocycles. The van der Waals surface area contributed by atoms with Gasteiger partial charge in [0.25, 0.3) is 0 Å². The minimum absolute atomic E-state index is 0.382. The Morgan fingerprint density at radius 3 is 3.00 bits per heavy atom. The predicted molar refractivity (Wildman–Crippen MR) is 53.2 cm³/mol. The van der Waals surface area contributed by atoms with Crippen LogP contribution in [0.15, 0.2) is 33.4 Å². The highest BCUT2D eigenvalue weighted by Gasteiger charge is 2.03.